The minimum absolute atomic E-state index is 0.00796. The van der Waals surface area contributed by atoms with Crippen molar-refractivity contribution in [2.45, 2.75) is 19.5 Å². The lowest BCUT2D eigenvalue weighted by Crippen LogP contribution is -2.05. The molecular weight excluding hydrogens is 222 g/mol. The fourth-order valence-corrected chi connectivity index (χ4v) is 2.08. The Balaban J connectivity index is 1.94. The lowest BCUT2D eigenvalue weighted by molar-refractivity contribution is 0.767. The molecule has 2 aromatic rings. The number of nitrogens with two attached hydrogens (primary N) is 1. The molecule has 0 aliphatic carbocycles. The molecule has 0 radical (unpaired) electrons. The molecule has 3 N–H and O–H groups in total. The molecule has 5 nitrogen and oxygen atoms in total. The van der Waals surface area contributed by atoms with Gasteiger partial charge in [0.05, 0.1) is 18.3 Å². The van der Waals surface area contributed by atoms with Crippen LogP contribution in [0.1, 0.15) is 23.7 Å². The van der Waals surface area contributed by atoms with Gasteiger partial charge in [0.15, 0.2) is 0 Å². The summed E-state index contributed by atoms with van der Waals surface area (Å²) in [5.74, 6) is 0.859. The van der Waals surface area contributed by atoms with E-state index >= 15 is 0 Å². The van der Waals surface area contributed by atoms with Crippen molar-refractivity contribution >= 4 is 17.2 Å². The first-order valence-corrected chi connectivity index (χ1v) is 5.96. The Morgan fingerprint density at radius 1 is 1.62 bits per heavy atom. The summed E-state index contributed by atoms with van der Waals surface area (Å²) in [7, 11) is 1.89. The van der Waals surface area contributed by atoms with Gasteiger partial charge in [-0.2, -0.15) is 5.10 Å². The fourth-order valence-electron chi connectivity index (χ4n) is 1.30. The van der Waals surface area contributed by atoms with Crippen LogP contribution in [-0.4, -0.2) is 14.8 Å². The molecule has 1 unspecified atom stereocenters. The number of thiazole rings is 1. The van der Waals surface area contributed by atoms with Crippen molar-refractivity contribution in [2.75, 3.05) is 5.32 Å². The second-order valence-electron chi connectivity index (χ2n) is 3.69. The van der Waals surface area contributed by atoms with Crippen molar-refractivity contribution in [2.24, 2.45) is 12.8 Å². The van der Waals surface area contributed by atoms with Crippen LogP contribution < -0.4 is 11.1 Å². The Morgan fingerprint density at radius 2 is 2.44 bits per heavy atom. The van der Waals surface area contributed by atoms with Gasteiger partial charge in [0.2, 0.25) is 0 Å². The van der Waals surface area contributed by atoms with Gasteiger partial charge in [-0.1, -0.05) is 0 Å². The highest BCUT2D eigenvalue weighted by Gasteiger charge is 2.06. The highest BCUT2D eigenvalue weighted by Crippen LogP contribution is 2.16. The molecule has 6 heteroatoms. The molecule has 2 rings (SSSR count). The average molecular weight is 237 g/mol. The first-order valence-electron chi connectivity index (χ1n) is 5.08. The van der Waals surface area contributed by atoms with Gasteiger partial charge in [-0.25, -0.2) is 4.98 Å². The first kappa shape index (κ1) is 11.1. The number of nitrogens with zero attached hydrogens (tertiary/aromatic N) is 3. The van der Waals surface area contributed by atoms with E-state index in [-0.39, 0.29) is 6.04 Å². The van der Waals surface area contributed by atoms with Crippen LogP contribution in [0.5, 0.6) is 0 Å². The monoisotopic (exact) mass is 237 g/mol. The number of aryl methyl sites for hydroxylation is 1. The second-order valence-corrected chi connectivity index (χ2v) is 4.58. The fraction of sp³-hybridized carbons (Fsp3) is 0.400. The van der Waals surface area contributed by atoms with Gasteiger partial charge in [0.25, 0.3) is 0 Å². The highest BCUT2D eigenvalue weighted by molar-refractivity contribution is 7.09. The maximum Gasteiger partial charge on any atom is 0.148 e. The highest BCUT2D eigenvalue weighted by atomic mass is 32.1. The van der Waals surface area contributed by atoms with Crippen LogP contribution >= 0.6 is 11.3 Å². The Labute approximate surface area is 98.3 Å². The van der Waals surface area contributed by atoms with Crippen molar-refractivity contribution in [3.05, 3.63) is 28.3 Å². The maximum absolute atomic E-state index is 5.75. The van der Waals surface area contributed by atoms with Gasteiger partial charge < -0.3 is 11.1 Å². The summed E-state index contributed by atoms with van der Waals surface area (Å²) in [5.41, 5.74) is 6.75. The summed E-state index contributed by atoms with van der Waals surface area (Å²) < 4.78 is 1.76. The van der Waals surface area contributed by atoms with Crippen LogP contribution in [0.25, 0.3) is 0 Å². The van der Waals surface area contributed by atoms with Crippen molar-refractivity contribution in [1.29, 1.82) is 0 Å². The number of anilines is 1. The molecule has 16 heavy (non-hydrogen) atoms. The van der Waals surface area contributed by atoms with Crippen molar-refractivity contribution < 1.29 is 0 Å². The zero-order chi connectivity index (χ0) is 11.5. The molecule has 0 aromatic carbocycles. The van der Waals surface area contributed by atoms with E-state index in [1.165, 1.54) is 0 Å². The van der Waals surface area contributed by atoms with Crippen LogP contribution in [0.15, 0.2) is 17.6 Å². The van der Waals surface area contributed by atoms with E-state index in [0.29, 0.717) is 6.54 Å². The van der Waals surface area contributed by atoms with Gasteiger partial charge in [0.1, 0.15) is 10.8 Å². The summed E-state index contributed by atoms with van der Waals surface area (Å²) in [5, 5.41) is 10.4. The summed E-state index contributed by atoms with van der Waals surface area (Å²) >= 11 is 1.60. The molecule has 2 heterocycles. The van der Waals surface area contributed by atoms with Crippen LogP contribution in [-0.2, 0) is 13.6 Å². The molecule has 86 valence electrons. The van der Waals surface area contributed by atoms with Gasteiger partial charge in [-0.05, 0) is 6.92 Å². The third kappa shape index (κ3) is 2.59. The molecule has 0 aliphatic heterocycles. The normalized spacial score (nSPS) is 12.7. The molecule has 0 spiro atoms. The summed E-state index contributed by atoms with van der Waals surface area (Å²) in [6.07, 6.45) is 1.90. The van der Waals surface area contributed by atoms with E-state index in [1.54, 1.807) is 16.0 Å². The minimum Gasteiger partial charge on any atom is -0.363 e. The van der Waals surface area contributed by atoms with Crippen LogP contribution in [0.4, 0.5) is 5.82 Å². The SMILES string of the molecule is CC(N)c1nc(CNc2ccn(C)n2)cs1. The molecule has 0 bridgehead atoms. The first-order chi connectivity index (χ1) is 7.65. The molecule has 0 fully saturated rings. The van der Waals surface area contributed by atoms with Gasteiger partial charge in [-0.15, -0.1) is 11.3 Å². The standard InChI is InChI=1S/C10H15N5S/c1-7(11)10-13-8(6-16-10)5-12-9-3-4-15(2)14-9/h3-4,6-7H,5,11H2,1-2H3,(H,12,14). The second kappa shape index (κ2) is 4.63. The number of nitrogens with one attached hydrogen (secondary N) is 1. The third-order valence-electron chi connectivity index (χ3n) is 2.12. The van der Waals surface area contributed by atoms with Crippen LogP contribution in [0.3, 0.4) is 0 Å². The van der Waals surface area contributed by atoms with Crippen molar-refractivity contribution in [1.82, 2.24) is 14.8 Å². The van der Waals surface area contributed by atoms with E-state index in [2.05, 4.69) is 15.4 Å². The zero-order valence-electron chi connectivity index (χ0n) is 9.34. The predicted octanol–water partition coefficient (Wildman–Crippen LogP) is 1.51. The number of aromatic nitrogens is 3. The lowest BCUT2D eigenvalue weighted by atomic mass is 10.4. The summed E-state index contributed by atoms with van der Waals surface area (Å²) in [6.45, 7) is 2.62. The molecule has 2 aromatic heterocycles. The van der Waals surface area contributed by atoms with Crippen molar-refractivity contribution in [3.63, 3.8) is 0 Å². The molecule has 0 saturated heterocycles. The molecule has 0 amide bonds. The molecule has 1 atom stereocenters. The smallest absolute Gasteiger partial charge is 0.148 e. The largest absolute Gasteiger partial charge is 0.363 e. The quantitative estimate of drug-likeness (QED) is 0.845. The third-order valence-corrected chi connectivity index (χ3v) is 3.22. The van der Waals surface area contributed by atoms with E-state index in [1.807, 2.05) is 31.6 Å². The number of hydrogen-bond donors (Lipinski definition) is 2. The zero-order valence-corrected chi connectivity index (χ0v) is 10.2. The van der Waals surface area contributed by atoms with E-state index in [9.17, 15) is 0 Å². The topological polar surface area (TPSA) is 68.8 Å². The lowest BCUT2D eigenvalue weighted by Gasteiger charge is -2.00. The Kier molecular flexibility index (Phi) is 3.21. The van der Waals surface area contributed by atoms with Gasteiger partial charge in [-0.3, -0.25) is 4.68 Å². The minimum atomic E-state index is 0.00796. The van der Waals surface area contributed by atoms with E-state index in [4.69, 9.17) is 5.73 Å². The summed E-state index contributed by atoms with van der Waals surface area (Å²) in [6, 6.07) is 1.94. The Hall–Kier alpha value is -1.40. The van der Waals surface area contributed by atoms with Gasteiger partial charge in [0, 0.05) is 24.7 Å². The number of hydrogen-bond acceptors (Lipinski definition) is 5. The Bertz CT molecular complexity index is 459. The van der Waals surface area contributed by atoms with Crippen molar-refractivity contribution in [3.8, 4) is 0 Å². The average Bonchev–Trinajstić information content (AvgIpc) is 2.83. The van der Waals surface area contributed by atoms with E-state index < -0.39 is 0 Å². The predicted molar refractivity (Wildman–Crippen MR) is 65.3 cm³/mol. The number of rotatable bonds is 4. The molecule has 0 aliphatic rings. The maximum atomic E-state index is 5.75. The Morgan fingerprint density at radius 3 is 3.00 bits per heavy atom. The van der Waals surface area contributed by atoms with E-state index in [0.717, 1.165) is 16.5 Å². The van der Waals surface area contributed by atoms with Gasteiger partial charge >= 0.3 is 0 Å². The molecule has 0 saturated carbocycles. The summed E-state index contributed by atoms with van der Waals surface area (Å²) in [4.78, 5) is 4.43. The van der Waals surface area contributed by atoms with Crippen LogP contribution in [0, 0.1) is 0 Å². The molecular formula is C10H15N5S. The van der Waals surface area contributed by atoms with Crippen LogP contribution in [0.2, 0.25) is 0 Å².